The van der Waals surface area contributed by atoms with Gasteiger partial charge in [0.1, 0.15) is 0 Å². The second kappa shape index (κ2) is 4.69. The number of aromatic nitrogens is 2. The minimum atomic E-state index is -0.191. The molecule has 1 heterocycles. The van der Waals surface area contributed by atoms with Crippen LogP contribution in [0.5, 0.6) is 0 Å². The molecule has 2 unspecified atom stereocenters. The number of hydrogen-bond acceptors (Lipinski definition) is 2. The molecule has 102 valence electrons. The van der Waals surface area contributed by atoms with Crippen molar-refractivity contribution < 1.29 is 0 Å². The molecule has 2 N–H and O–H groups in total. The fourth-order valence-corrected chi connectivity index (χ4v) is 3.53. The maximum absolute atomic E-state index is 6.83. The number of hydrogen-bond donors (Lipinski definition) is 1. The zero-order valence-electron chi connectivity index (χ0n) is 12.2. The molecular weight excluding hydrogens is 222 g/mol. The van der Waals surface area contributed by atoms with Gasteiger partial charge in [-0.3, -0.25) is 4.68 Å². The standard InChI is InChI=1S/C15H27N3/c1-5-18-11-12(10-17-18)15(16)9-7-6-8-13(15)14(2,3)4/h10-11,13H,5-9,16H2,1-4H3. The zero-order chi connectivity index (χ0) is 13.4. The molecule has 1 aromatic heterocycles. The second-order valence-electron chi connectivity index (χ2n) is 6.79. The summed E-state index contributed by atoms with van der Waals surface area (Å²) in [6, 6.07) is 0. The third-order valence-corrected chi connectivity index (χ3v) is 4.50. The van der Waals surface area contributed by atoms with Gasteiger partial charge in [-0.2, -0.15) is 5.10 Å². The molecule has 0 aromatic carbocycles. The molecule has 0 aliphatic heterocycles. The third-order valence-electron chi connectivity index (χ3n) is 4.50. The van der Waals surface area contributed by atoms with E-state index in [1.807, 2.05) is 10.9 Å². The minimum absolute atomic E-state index is 0.191. The van der Waals surface area contributed by atoms with Crippen molar-refractivity contribution in [2.45, 2.75) is 65.5 Å². The predicted octanol–water partition coefficient (Wildman–Crippen LogP) is 3.29. The summed E-state index contributed by atoms with van der Waals surface area (Å²) in [5.41, 5.74) is 8.11. The second-order valence-corrected chi connectivity index (χ2v) is 6.79. The van der Waals surface area contributed by atoms with Gasteiger partial charge in [0.25, 0.3) is 0 Å². The Hall–Kier alpha value is -0.830. The summed E-state index contributed by atoms with van der Waals surface area (Å²) in [5.74, 6) is 0.535. The smallest absolute Gasteiger partial charge is 0.0540 e. The van der Waals surface area contributed by atoms with Gasteiger partial charge in [-0.05, 0) is 31.1 Å². The van der Waals surface area contributed by atoms with E-state index in [9.17, 15) is 0 Å². The summed E-state index contributed by atoms with van der Waals surface area (Å²) < 4.78 is 1.98. The van der Waals surface area contributed by atoms with Crippen LogP contribution >= 0.6 is 0 Å². The zero-order valence-corrected chi connectivity index (χ0v) is 12.2. The first kappa shape index (κ1) is 13.6. The van der Waals surface area contributed by atoms with Gasteiger partial charge in [0.2, 0.25) is 0 Å². The lowest BCUT2D eigenvalue weighted by atomic mass is 9.60. The van der Waals surface area contributed by atoms with E-state index in [4.69, 9.17) is 5.73 Å². The molecule has 3 heteroatoms. The number of nitrogens with zero attached hydrogens (tertiary/aromatic N) is 2. The lowest BCUT2D eigenvalue weighted by Gasteiger charge is -2.47. The summed E-state index contributed by atoms with van der Waals surface area (Å²) in [6.45, 7) is 9.97. The first-order valence-corrected chi connectivity index (χ1v) is 7.19. The number of nitrogens with two attached hydrogens (primary N) is 1. The molecule has 1 saturated carbocycles. The largest absolute Gasteiger partial charge is 0.321 e. The van der Waals surface area contributed by atoms with Crippen molar-refractivity contribution in [1.82, 2.24) is 9.78 Å². The molecule has 0 bridgehead atoms. The van der Waals surface area contributed by atoms with E-state index >= 15 is 0 Å². The molecule has 0 amide bonds. The Morgan fingerprint density at radius 3 is 2.72 bits per heavy atom. The van der Waals surface area contributed by atoms with Crippen LogP contribution < -0.4 is 5.73 Å². The maximum atomic E-state index is 6.83. The molecule has 18 heavy (non-hydrogen) atoms. The molecular formula is C15H27N3. The highest BCUT2D eigenvalue weighted by Crippen LogP contribution is 2.48. The van der Waals surface area contributed by atoms with E-state index in [2.05, 4.69) is 39.0 Å². The van der Waals surface area contributed by atoms with Crippen LogP contribution in [-0.2, 0) is 12.1 Å². The summed E-state index contributed by atoms with van der Waals surface area (Å²) >= 11 is 0. The molecule has 1 aliphatic rings. The van der Waals surface area contributed by atoms with Gasteiger partial charge < -0.3 is 5.73 Å². The Kier molecular flexibility index (Phi) is 3.54. The molecule has 3 nitrogen and oxygen atoms in total. The Balaban J connectivity index is 2.35. The lowest BCUT2D eigenvalue weighted by molar-refractivity contribution is 0.0777. The maximum Gasteiger partial charge on any atom is 0.0540 e. The van der Waals surface area contributed by atoms with Crippen LogP contribution in [0.4, 0.5) is 0 Å². The van der Waals surface area contributed by atoms with Crippen LogP contribution in [0.2, 0.25) is 0 Å². The topological polar surface area (TPSA) is 43.8 Å². The molecule has 0 spiro atoms. The summed E-state index contributed by atoms with van der Waals surface area (Å²) in [4.78, 5) is 0. The van der Waals surface area contributed by atoms with Gasteiger partial charge in [-0.25, -0.2) is 0 Å². The highest BCUT2D eigenvalue weighted by molar-refractivity contribution is 5.21. The van der Waals surface area contributed by atoms with Crippen molar-refractivity contribution in [3.05, 3.63) is 18.0 Å². The van der Waals surface area contributed by atoms with Crippen molar-refractivity contribution in [1.29, 1.82) is 0 Å². The Bertz CT molecular complexity index is 402. The Labute approximate surface area is 111 Å². The molecule has 1 aromatic rings. The fraction of sp³-hybridized carbons (Fsp3) is 0.800. The van der Waals surface area contributed by atoms with Crippen molar-refractivity contribution in [3.8, 4) is 0 Å². The van der Waals surface area contributed by atoms with E-state index in [0.717, 1.165) is 13.0 Å². The average molecular weight is 249 g/mol. The van der Waals surface area contributed by atoms with E-state index in [1.165, 1.54) is 24.8 Å². The number of rotatable bonds is 2. The molecule has 1 aliphatic carbocycles. The van der Waals surface area contributed by atoms with Crippen molar-refractivity contribution >= 4 is 0 Å². The van der Waals surface area contributed by atoms with Crippen molar-refractivity contribution in [2.24, 2.45) is 17.1 Å². The van der Waals surface area contributed by atoms with Gasteiger partial charge in [0, 0.05) is 23.8 Å². The molecule has 0 radical (unpaired) electrons. The molecule has 1 fully saturated rings. The van der Waals surface area contributed by atoms with Gasteiger partial charge in [-0.15, -0.1) is 0 Å². The molecule has 2 rings (SSSR count). The average Bonchev–Trinajstić information content (AvgIpc) is 2.77. The first-order chi connectivity index (χ1) is 8.38. The quantitative estimate of drug-likeness (QED) is 0.874. The minimum Gasteiger partial charge on any atom is -0.321 e. The summed E-state index contributed by atoms with van der Waals surface area (Å²) in [5, 5.41) is 4.41. The van der Waals surface area contributed by atoms with Crippen LogP contribution in [0.15, 0.2) is 12.4 Å². The van der Waals surface area contributed by atoms with E-state index < -0.39 is 0 Å². The van der Waals surface area contributed by atoms with Crippen molar-refractivity contribution in [3.63, 3.8) is 0 Å². The Morgan fingerprint density at radius 1 is 1.44 bits per heavy atom. The van der Waals surface area contributed by atoms with Gasteiger partial charge >= 0.3 is 0 Å². The van der Waals surface area contributed by atoms with E-state index in [0.29, 0.717) is 5.92 Å². The van der Waals surface area contributed by atoms with Crippen molar-refractivity contribution in [2.75, 3.05) is 0 Å². The van der Waals surface area contributed by atoms with E-state index in [-0.39, 0.29) is 11.0 Å². The summed E-state index contributed by atoms with van der Waals surface area (Å²) in [7, 11) is 0. The van der Waals surface area contributed by atoms with Gasteiger partial charge in [0.05, 0.1) is 6.20 Å². The van der Waals surface area contributed by atoms with Crippen LogP contribution in [0.25, 0.3) is 0 Å². The third kappa shape index (κ3) is 2.33. The van der Waals surface area contributed by atoms with Crippen LogP contribution in [0, 0.1) is 11.3 Å². The first-order valence-electron chi connectivity index (χ1n) is 7.19. The van der Waals surface area contributed by atoms with Gasteiger partial charge in [-0.1, -0.05) is 33.6 Å². The van der Waals surface area contributed by atoms with Crippen LogP contribution in [-0.4, -0.2) is 9.78 Å². The highest BCUT2D eigenvalue weighted by atomic mass is 15.3. The predicted molar refractivity (Wildman–Crippen MR) is 75.2 cm³/mol. The normalized spacial score (nSPS) is 29.5. The monoisotopic (exact) mass is 249 g/mol. The number of aryl methyl sites for hydroxylation is 1. The van der Waals surface area contributed by atoms with E-state index in [1.54, 1.807) is 0 Å². The SMILES string of the molecule is CCn1cc(C2(N)CCCCC2C(C)(C)C)cn1. The molecule has 2 atom stereocenters. The molecule has 0 saturated heterocycles. The highest BCUT2D eigenvalue weighted by Gasteiger charge is 2.45. The van der Waals surface area contributed by atoms with Crippen LogP contribution in [0.3, 0.4) is 0 Å². The summed E-state index contributed by atoms with van der Waals surface area (Å²) in [6.07, 6.45) is 8.99. The lowest BCUT2D eigenvalue weighted by Crippen LogP contribution is -2.51. The van der Waals surface area contributed by atoms with Crippen LogP contribution in [0.1, 0.15) is 58.9 Å². The van der Waals surface area contributed by atoms with Gasteiger partial charge in [0.15, 0.2) is 0 Å². The Morgan fingerprint density at radius 2 is 2.17 bits per heavy atom. The fourth-order valence-electron chi connectivity index (χ4n) is 3.53.